The van der Waals surface area contributed by atoms with Crippen LogP contribution in [0.3, 0.4) is 0 Å². The van der Waals surface area contributed by atoms with E-state index in [1.807, 2.05) is 0 Å². The van der Waals surface area contributed by atoms with Crippen molar-refractivity contribution in [1.29, 1.82) is 0 Å². The van der Waals surface area contributed by atoms with Gasteiger partial charge in [-0.1, -0.05) is 25.7 Å². The van der Waals surface area contributed by atoms with Crippen molar-refractivity contribution < 1.29 is 4.74 Å². The van der Waals surface area contributed by atoms with E-state index in [9.17, 15) is 0 Å². The quantitative estimate of drug-likeness (QED) is 0.739. The van der Waals surface area contributed by atoms with Crippen LogP contribution in [0.5, 0.6) is 0 Å². The van der Waals surface area contributed by atoms with Gasteiger partial charge in [0.1, 0.15) is 0 Å². The topological polar surface area (TPSA) is 21.3 Å². The minimum absolute atomic E-state index is 0.193. The lowest BCUT2D eigenvalue weighted by Gasteiger charge is -2.49. The van der Waals surface area contributed by atoms with Crippen LogP contribution in [-0.4, -0.2) is 36.3 Å². The van der Waals surface area contributed by atoms with Crippen molar-refractivity contribution in [1.82, 2.24) is 5.32 Å². The molecule has 2 heterocycles. The summed E-state index contributed by atoms with van der Waals surface area (Å²) in [5.41, 5.74) is 0.193. The van der Waals surface area contributed by atoms with E-state index < -0.39 is 0 Å². The van der Waals surface area contributed by atoms with Gasteiger partial charge in [0.2, 0.25) is 0 Å². The number of thioether (sulfide) groups is 1. The molecule has 2 saturated heterocycles. The number of nitrogens with one attached hydrogen (secondary N) is 1. The summed E-state index contributed by atoms with van der Waals surface area (Å²) in [6, 6.07) is 0.644. The van der Waals surface area contributed by atoms with Crippen molar-refractivity contribution >= 4 is 11.8 Å². The molecule has 1 aliphatic carbocycles. The van der Waals surface area contributed by atoms with Gasteiger partial charge < -0.3 is 10.1 Å². The first kappa shape index (κ1) is 13.3. The summed E-state index contributed by atoms with van der Waals surface area (Å²) < 4.78 is 6.34. The fourth-order valence-corrected chi connectivity index (χ4v) is 5.34. The van der Waals surface area contributed by atoms with E-state index in [0.29, 0.717) is 6.04 Å². The number of ether oxygens (including phenoxy) is 1. The molecule has 1 unspecified atom stereocenters. The zero-order valence-electron chi connectivity index (χ0n) is 11.5. The zero-order valence-corrected chi connectivity index (χ0v) is 12.3. The molecule has 3 rings (SSSR count). The zero-order chi connectivity index (χ0) is 12.3. The van der Waals surface area contributed by atoms with Crippen molar-refractivity contribution in [3.63, 3.8) is 0 Å². The lowest BCUT2D eigenvalue weighted by Crippen LogP contribution is -2.62. The van der Waals surface area contributed by atoms with Gasteiger partial charge in [-0.2, -0.15) is 11.8 Å². The fraction of sp³-hybridized carbons (Fsp3) is 1.00. The Hall–Kier alpha value is 0.270. The second-order valence-corrected chi connectivity index (χ2v) is 7.43. The first-order valence-electron chi connectivity index (χ1n) is 7.86. The number of morpholine rings is 1. The summed E-state index contributed by atoms with van der Waals surface area (Å²) in [6.07, 6.45) is 11.2. The number of rotatable bonds is 1. The third-order valence-electron chi connectivity index (χ3n) is 5.13. The van der Waals surface area contributed by atoms with E-state index in [2.05, 4.69) is 17.1 Å². The summed E-state index contributed by atoms with van der Waals surface area (Å²) >= 11 is 2.11. The summed E-state index contributed by atoms with van der Waals surface area (Å²) in [5.74, 6) is 3.46. The Balaban J connectivity index is 1.73. The molecule has 2 nitrogen and oxygen atoms in total. The molecule has 0 aromatic heterocycles. The summed E-state index contributed by atoms with van der Waals surface area (Å²) in [6.45, 7) is 1.99. The molecule has 1 spiro atoms. The van der Waals surface area contributed by atoms with Gasteiger partial charge in [-0.3, -0.25) is 0 Å². The Labute approximate surface area is 116 Å². The standard InChI is InChI=1S/C15H27NOS/c1-2-4-6-13(5-3-1)14-15(17-10-9-16-14)7-11-18-12-8-15/h13-14,16H,1-12H2. The van der Waals surface area contributed by atoms with Crippen LogP contribution in [0.1, 0.15) is 51.4 Å². The average molecular weight is 269 g/mol. The van der Waals surface area contributed by atoms with Crippen LogP contribution >= 0.6 is 11.8 Å². The smallest absolute Gasteiger partial charge is 0.0853 e. The maximum atomic E-state index is 6.34. The first-order chi connectivity index (χ1) is 8.91. The maximum Gasteiger partial charge on any atom is 0.0853 e. The average Bonchev–Trinajstić information content (AvgIpc) is 2.69. The van der Waals surface area contributed by atoms with Crippen molar-refractivity contribution in [2.45, 2.75) is 63.0 Å². The van der Waals surface area contributed by atoms with Crippen LogP contribution in [0.25, 0.3) is 0 Å². The van der Waals surface area contributed by atoms with Crippen molar-refractivity contribution in [2.24, 2.45) is 5.92 Å². The van der Waals surface area contributed by atoms with E-state index in [4.69, 9.17) is 4.74 Å². The summed E-state index contributed by atoms with van der Waals surface area (Å²) in [5, 5.41) is 3.84. The fourth-order valence-electron chi connectivity index (χ4n) is 4.16. The maximum absolute atomic E-state index is 6.34. The molecular formula is C15H27NOS. The Kier molecular flexibility index (Phi) is 4.53. The van der Waals surface area contributed by atoms with Crippen molar-refractivity contribution in [3.8, 4) is 0 Å². The van der Waals surface area contributed by atoms with Gasteiger partial charge in [-0.05, 0) is 43.1 Å². The molecule has 0 aromatic rings. The van der Waals surface area contributed by atoms with Gasteiger partial charge in [0.25, 0.3) is 0 Å². The lowest BCUT2D eigenvalue weighted by molar-refractivity contribution is -0.116. The van der Waals surface area contributed by atoms with E-state index >= 15 is 0 Å². The van der Waals surface area contributed by atoms with Crippen LogP contribution in [-0.2, 0) is 4.74 Å². The largest absolute Gasteiger partial charge is 0.372 e. The molecule has 18 heavy (non-hydrogen) atoms. The molecule has 1 saturated carbocycles. The van der Waals surface area contributed by atoms with E-state index in [-0.39, 0.29) is 5.60 Å². The van der Waals surface area contributed by atoms with Gasteiger partial charge in [-0.15, -0.1) is 0 Å². The molecule has 3 aliphatic rings. The summed E-state index contributed by atoms with van der Waals surface area (Å²) in [7, 11) is 0. The first-order valence-corrected chi connectivity index (χ1v) is 9.01. The Bertz CT molecular complexity index is 249. The van der Waals surface area contributed by atoms with Gasteiger partial charge >= 0.3 is 0 Å². The Morgan fingerprint density at radius 1 is 1.00 bits per heavy atom. The monoisotopic (exact) mass is 269 g/mol. The molecule has 0 aromatic carbocycles. The van der Waals surface area contributed by atoms with Gasteiger partial charge in [0.15, 0.2) is 0 Å². The van der Waals surface area contributed by atoms with Crippen LogP contribution in [0.15, 0.2) is 0 Å². The molecular weight excluding hydrogens is 242 g/mol. The van der Waals surface area contributed by atoms with E-state index in [1.165, 1.54) is 62.9 Å². The number of hydrogen-bond acceptors (Lipinski definition) is 3. The molecule has 0 bridgehead atoms. The molecule has 0 amide bonds. The number of hydrogen-bond donors (Lipinski definition) is 1. The third kappa shape index (κ3) is 2.73. The Morgan fingerprint density at radius 3 is 2.44 bits per heavy atom. The minimum Gasteiger partial charge on any atom is -0.372 e. The summed E-state index contributed by atoms with van der Waals surface area (Å²) in [4.78, 5) is 0. The predicted molar refractivity (Wildman–Crippen MR) is 78.2 cm³/mol. The van der Waals surface area contributed by atoms with Gasteiger partial charge in [-0.25, -0.2) is 0 Å². The van der Waals surface area contributed by atoms with Crippen LogP contribution in [0.4, 0.5) is 0 Å². The Morgan fingerprint density at radius 2 is 1.72 bits per heavy atom. The van der Waals surface area contributed by atoms with Crippen LogP contribution < -0.4 is 5.32 Å². The van der Waals surface area contributed by atoms with Crippen LogP contribution in [0, 0.1) is 5.92 Å². The van der Waals surface area contributed by atoms with Crippen molar-refractivity contribution in [2.75, 3.05) is 24.7 Å². The SMILES string of the molecule is C1CCCC(C2NCCOC23CCSCC3)CC1. The second-order valence-electron chi connectivity index (χ2n) is 6.21. The van der Waals surface area contributed by atoms with Gasteiger partial charge in [0.05, 0.1) is 12.2 Å². The molecule has 2 aliphatic heterocycles. The molecule has 1 N–H and O–H groups in total. The molecule has 3 fully saturated rings. The highest BCUT2D eigenvalue weighted by atomic mass is 32.2. The highest BCUT2D eigenvalue weighted by Crippen LogP contribution is 2.40. The third-order valence-corrected chi connectivity index (χ3v) is 6.12. The van der Waals surface area contributed by atoms with E-state index in [0.717, 1.165) is 19.1 Å². The predicted octanol–water partition coefficient (Wildman–Crippen LogP) is 3.21. The molecule has 1 atom stereocenters. The van der Waals surface area contributed by atoms with Crippen molar-refractivity contribution in [3.05, 3.63) is 0 Å². The molecule has 0 radical (unpaired) electrons. The van der Waals surface area contributed by atoms with E-state index in [1.54, 1.807) is 0 Å². The second kappa shape index (κ2) is 6.15. The minimum atomic E-state index is 0.193. The molecule has 104 valence electrons. The highest BCUT2D eigenvalue weighted by Gasteiger charge is 2.46. The van der Waals surface area contributed by atoms with Gasteiger partial charge in [0, 0.05) is 12.6 Å². The normalized spacial score (nSPS) is 34.3. The van der Waals surface area contributed by atoms with Crippen LogP contribution in [0.2, 0.25) is 0 Å². The lowest BCUT2D eigenvalue weighted by atomic mass is 9.76. The molecule has 3 heteroatoms. The highest BCUT2D eigenvalue weighted by molar-refractivity contribution is 7.99.